The van der Waals surface area contributed by atoms with Gasteiger partial charge in [-0.1, -0.05) is 21.6 Å². The van der Waals surface area contributed by atoms with Gasteiger partial charge in [0.25, 0.3) is 5.56 Å². The number of nitrogens with zero attached hydrogens (tertiary/aromatic N) is 7. The number of rotatable bonds is 22. The summed E-state index contributed by atoms with van der Waals surface area (Å²) in [5, 5.41) is 37.3. The monoisotopic (exact) mass is 998 g/mol. The number of ketones is 1. The second-order valence-electron chi connectivity index (χ2n) is 13.6. The standard InChI is InChI=1S/C31H41N11O15P2S4/c1-14(44)4-5-33-17(45)3-2-7-62-63-8-6-52-31(49)40-30-38-26-19(27(48)39-30)37-13-42(26)29-23(20(46)15(9-43)54-29)57-59(51,61)53-10-16-22(56-58(50)60)21(47)28(55-16)41-12-36-18-24(32)34-11-35-25(18)41/h11-13,15-16,20-23,28-29,43,46-47H,2-10H2,1H3,(H6-,32,33,34,35,38,39,40,45,48,49,50,51,60,61)/p+1/t15?,16-,20-,21-,22-,23-,28-,29-,59?/m1/s1. The number of aromatic nitrogens is 8. The highest BCUT2D eigenvalue weighted by molar-refractivity contribution is 8.76. The number of nitrogen functional groups attached to an aromatic ring is 1. The Morgan fingerprint density at radius 1 is 1.03 bits per heavy atom. The number of aromatic amines is 1. The number of imidazole rings is 2. The SMILES string of the molecule is CC(=O)CCNC(=O)CCCSSCCOC(=O)Nc1nc2c(ncn2[C@@H]2OC(CO)[C@@H](O)[C@H]2OP(O)(=S)OC[C@H]2O[C@@H](n3cnc4c(N)ncnc43)[C@H](O)[C@@H]2O[P+](=O)S)c(=O)[nH]1. The van der Waals surface area contributed by atoms with Crippen LogP contribution in [-0.2, 0) is 53.7 Å². The smallest absolute Gasteiger partial charge is 0.448 e. The number of nitrogens with two attached hydrogens (primary N) is 1. The minimum atomic E-state index is -4.42. The van der Waals surface area contributed by atoms with Gasteiger partial charge in [0.2, 0.25) is 11.9 Å². The molecule has 0 aliphatic carbocycles. The lowest BCUT2D eigenvalue weighted by Crippen LogP contribution is -2.36. The molecule has 0 radical (unpaired) electrons. The third kappa shape index (κ3) is 12.5. The number of carbonyl (C=O) groups is 3. The Bertz CT molecular complexity index is 2400. The van der Waals surface area contributed by atoms with Gasteiger partial charge in [0, 0.05) is 30.9 Å². The molecule has 2 aliphatic rings. The highest BCUT2D eigenvalue weighted by atomic mass is 33.1. The van der Waals surface area contributed by atoms with Crippen LogP contribution in [0.5, 0.6) is 0 Å². The molecule has 2 fully saturated rings. The van der Waals surface area contributed by atoms with Crippen molar-refractivity contribution in [2.24, 2.45) is 0 Å². The number of hydrogen-bond donors (Lipinski definition) is 9. The van der Waals surface area contributed by atoms with E-state index < -0.39 is 87.9 Å². The largest absolute Gasteiger partial charge is 0.582 e. The summed E-state index contributed by atoms with van der Waals surface area (Å²) in [6, 6.07) is 0. The quantitative estimate of drug-likeness (QED) is 0.0223. The van der Waals surface area contributed by atoms with Gasteiger partial charge in [-0.05, 0) is 29.7 Å². The molecule has 2 aliphatic heterocycles. The molecule has 4 aromatic heterocycles. The van der Waals surface area contributed by atoms with Crippen molar-refractivity contribution in [3.8, 4) is 0 Å². The third-order valence-electron chi connectivity index (χ3n) is 9.17. The van der Waals surface area contributed by atoms with Gasteiger partial charge in [-0.3, -0.25) is 38.3 Å². The van der Waals surface area contributed by atoms with E-state index in [-0.39, 0.29) is 58.8 Å². The molecule has 9 N–H and O–H groups in total. The third-order valence-corrected chi connectivity index (χ3v) is 13.9. The van der Waals surface area contributed by atoms with Crippen LogP contribution in [-0.4, -0.2) is 152 Å². The van der Waals surface area contributed by atoms with Gasteiger partial charge >= 0.3 is 20.0 Å². The van der Waals surface area contributed by atoms with Crippen molar-refractivity contribution in [1.29, 1.82) is 0 Å². The number of hydrogen-bond acceptors (Lipinski definition) is 23. The first-order valence-electron chi connectivity index (χ1n) is 18.7. The fourth-order valence-corrected chi connectivity index (χ4v) is 10.4. The van der Waals surface area contributed by atoms with Crippen molar-refractivity contribution in [3.63, 3.8) is 0 Å². The number of Topliss-reactive ketones (excluding diaryl/α,β-unsaturated/α-hetero) is 1. The summed E-state index contributed by atoms with van der Waals surface area (Å²) in [7, 11) is 0.314. The maximum Gasteiger partial charge on any atom is 0.582 e. The summed E-state index contributed by atoms with van der Waals surface area (Å²) in [5.41, 5.74) is 5.12. The summed E-state index contributed by atoms with van der Waals surface area (Å²) in [6.07, 6.45) is -7.51. The predicted molar refractivity (Wildman–Crippen MR) is 231 cm³/mol. The molecule has 6 rings (SSSR count). The molecule has 0 spiro atoms. The molecule has 3 unspecified atom stereocenters. The summed E-state index contributed by atoms with van der Waals surface area (Å²) in [6.45, 7) is -4.01. The molecule has 63 heavy (non-hydrogen) atoms. The molecular formula is C31H42N11O15P2S4+. The van der Waals surface area contributed by atoms with Gasteiger partial charge in [-0.25, -0.2) is 24.7 Å². The van der Waals surface area contributed by atoms with Crippen LogP contribution in [0.25, 0.3) is 22.3 Å². The van der Waals surface area contributed by atoms with E-state index in [1.165, 1.54) is 45.7 Å². The molecule has 6 heterocycles. The Morgan fingerprint density at radius 2 is 1.75 bits per heavy atom. The van der Waals surface area contributed by atoms with Crippen molar-refractivity contribution >= 4 is 111 Å². The molecule has 344 valence electrons. The van der Waals surface area contributed by atoms with Crippen LogP contribution < -0.4 is 21.9 Å². The Kier molecular flexibility index (Phi) is 17.2. The summed E-state index contributed by atoms with van der Waals surface area (Å²) < 4.78 is 48.3. The molecule has 0 aromatic carbocycles. The molecular weight excluding hydrogens is 957 g/mol. The lowest BCUT2D eigenvalue weighted by molar-refractivity contribution is -0.121. The van der Waals surface area contributed by atoms with Gasteiger partial charge in [0.1, 0.15) is 67.0 Å². The normalized spacial score (nSPS) is 24.7. The highest BCUT2D eigenvalue weighted by Gasteiger charge is 2.52. The first-order valence-corrected chi connectivity index (χ1v) is 26.1. The summed E-state index contributed by atoms with van der Waals surface area (Å²) in [5.74, 6) is 0.660. The van der Waals surface area contributed by atoms with Crippen molar-refractivity contribution in [3.05, 3.63) is 29.3 Å². The number of amides is 2. The Morgan fingerprint density at radius 3 is 2.48 bits per heavy atom. The van der Waals surface area contributed by atoms with Crippen molar-refractivity contribution in [2.75, 3.05) is 48.9 Å². The van der Waals surface area contributed by atoms with Crippen LogP contribution in [0, 0.1) is 0 Å². The van der Waals surface area contributed by atoms with Gasteiger partial charge in [-0.2, -0.15) is 4.98 Å². The first-order chi connectivity index (χ1) is 30.1. The maximum atomic E-state index is 13.0. The van der Waals surface area contributed by atoms with Crippen LogP contribution in [0.3, 0.4) is 0 Å². The van der Waals surface area contributed by atoms with Gasteiger partial charge in [-0.15, -0.1) is 4.52 Å². The number of carbonyl (C=O) groups excluding carboxylic acids is 3. The number of nitrogens with one attached hydrogen (secondary N) is 3. The summed E-state index contributed by atoms with van der Waals surface area (Å²) >= 11 is 9.08. The summed E-state index contributed by atoms with van der Waals surface area (Å²) in [4.78, 5) is 82.5. The fourth-order valence-electron chi connectivity index (χ4n) is 6.28. The van der Waals surface area contributed by atoms with E-state index >= 15 is 0 Å². The van der Waals surface area contributed by atoms with E-state index in [4.69, 9.17) is 45.3 Å². The number of H-pyrrole nitrogens is 1. The van der Waals surface area contributed by atoms with Gasteiger partial charge in [0.15, 0.2) is 41.2 Å². The van der Waals surface area contributed by atoms with E-state index in [0.29, 0.717) is 30.9 Å². The molecule has 26 nitrogen and oxygen atoms in total. The average Bonchev–Trinajstić information content (AvgIpc) is 3.99. The maximum absolute atomic E-state index is 13.0. The van der Waals surface area contributed by atoms with Crippen molar-refractivity contribution in [1.82, 2.24) is 44.4 Å². The predicted octanol–water partition coefficient (Wildman–Crippen LogP) is 0.447. The zero-order valence-electron chi connectivity index (χ0n) is 32.8. The number of aliphatic hydroxyl groups is 3. The number of aliphatic hydroxyl groups excluding tert-OH is 3. The van der Waals surface area contributed by atoms with Crippen LogP contribution in [0.2, 0.25) is 0 Å². The zero-order valence-corrected chi connectivity index (χ0v) is 37.9. The second-order valence-corrected chi connectivity index (χ2v) is 20.7. The molecule has 2 saturated heterocycles. The molecule has 2 amide bonds. The Labute approximate surface area is 374 Å². The Hall–Kier alpha value is -3.45. The highest BCUT2D eigenvalue weighted by Crippen LogP contribution is 2.51. The van der Waals surface area contributed by atoms with Crippen LogP contribution in [0.1, 0.15) is 38.6 Å². The lowest BCUT2D eigenvalue weighted by Gasteiger charge is -2.27. The van der Waals surface area contributed by atoms with E-state index in [1.807, 2.05) is 0 Å². The number of anilines is 2. The molecule has 0 bridgehead atoms. The van der Waals surface area contributed by atoms with Crippen molar-refractivity contribution in [2.45, 2.75) is 75.3 Å². The zero-order chi connectivity index (χ0) is 45.4. The van der Waals surface area contributed by atoms with Gasteiger partial charge < -0.3 is 50.0 Å². The molecule has 0 saturated carbocycles. The first kappa shape index (κ1) is 49.0. The fraction of sp³-hybridized carbons (Fsp3) is 0.581. The van der Waals surface area contributed by atoms with E-state index in [2.05, 4.69) is 52.8 Å². The van der Waals surface area contributed by atoms with Gasteiger partial charge in [0.05, 0.1) is 25.9 Å². The number of ether oxygens (including phenoxy) is 3. The van der Waals surface area contributed by atoms with Crippen LogP contribution in [0.4, 0.5) is 16.6 Å². The van der Waals surface area contributed by atoms with Crippen LogP contribution >= 0.6 is 47.8 Å². The van der Waals surface area contributed by atoms with E-state index in [1.54, 1.807) is 0 Å². The average molecular weight is 999 g/mol. The lowest BCUT2D eigenvalue weighted by atomic mass is 10.1. The molecule has 4 aromatic rings. The minimum absolute atomic E-state index is 0.00127. The number of thiol groups is 1. The van der Waals surface area contributed by atoms with E-state index in [0.717, 1.165) is 10.9 Å². The Balaban J connectivity index is 1.06. The molecule has 10 atom stereocenters. The molecule has 32 heteroatoms. The van der Waals surface area contributed by atoms with Crippen molar-refractivity contribution < 1.29 is 66.9 Å². The number of fused-ring (bicyclic) bond motifs is 2. The van der Waals surface area contributed by atoms with E-state index in [9.17, 15) is 44.0 Å². The van der Waals surface area contributed by atoms with Crippen LogP contribution in [0.15, 0.2) is 23.8 Å². The minimum Gasteiger partial charge on any atom is -0.448 e. The second kappa shape index (κ2) is 22.2. The topological polar surface area (TPSA) is 362 Å².